The van der Waals surface area contributed by atoms with Crippen molar-refractivity contribution in [1.29, 1.82) is 0 Å². The van der Waals surface area contributed by atoms with Gasteiger partial charge in [-0.15, -0.1) is 0 Å². The topological polar surface area (TPSA) is 27.7 Å². The van der Waals surface area contributed by atoms with Crippen molar-refractivity contribution in [2.24, 2.45) is 17.8 Å². The first-order valence-corrected chi connectivity index (χ1v) is 8.76. The molecule has 1 unspecified atom stereocenters. The van der Waals surface area contributed by atoms with Crippen molar-refractivity contribution in [3.05, 3.63) is 24.3 Å². The summed E-state index contributed by atoms with van der Waals surface area (Å²) in [6, 6.07) is 8.45. The van der Waals surface area contributed by atoms with Crippen molar-refractivity contribution in [2.75, 3.05) is 57.3 Å². The average Bonchev–Trinajstić information content (AvgIpc) is 2.97. The van der Waals surface area contributed by atoms with Crippen LogP contribution >= 0.6 is 0 Å². The summed E-state index contributed by atoms with van der Waals surface area (Å²) in [6.07, 6.45) is 0. The highest BCUT2D eigenvalue weighted by Gasteiger charge is 2.52. The van der Waals surface area contributed by atoms with Crippen molar-refractivity contribution < 1.29 is 4.74 Å². The van der Waals surface area contributed by atoms with Crippen LogP contribution in [0.5, 0.6) is 5.75 Å². The van der Waals surface area contributed by atoms with Crippen molar-refractivity contribution in [3.8, 4) is 5.75 Å². The van der Waals surface area contributed by atoms with E-state index >= 15 is 0 Å². The molecule has 4 nitrogen and oxygen atoms in total. The fourth-order valence-corrected chi connectivity index (χ4v) is 4.28. The summed E-state index contributed by atoms with van der Waals surface area (Å²) in [6.45, 7) is 11.2. The monoisotopic (exact) mass is 301 g/mol. The summed E-state index contributed by atoms with van der Waals surface area (Å²) < 4.78 is 5.78. The molecule has 1 aliphatic carbocycles. The van der Waals surface area contributed by atoms with Gasteiger partial charge in [-0.2, -0.15) is 0 Å². The third-order valence-electron chi connectivity index (χ3n) is 5.62. The van der Waals surface area contributed by atoms with Gasteiger partial charge in [-0.05, 0) is 49.9 Å². The van der Waals surface area contributed by atoms with Crippen LogP contribution in [0.25, 0.3) is 0 Å². The van der Waals surface area contributed by atoms with Crippen LogP contribution in [0.2, 0.25) is 0 Å². The normalized spacial score (nSPS) is 31.1. The zero-order valence-electron chi connectivity index (χ0n) is 13.5. The second-order valence-electron chi connectivity index (χ2n) is 6.84. The molecule has 120 valence electrons. The van der Waals surface area contributed by atoms with Gasteiger partial charge in [-0.25, -0.2) is 0 Å². The zero-order chi connectivity index (χ0) is 14.9. The van der Waals surface area contributed by atoms with Crippen molar-refractivity contribution in [3.63, 3.8) is 0 Å². The Balaban J connectivity index is 1.32. The molecule has 0 amide bonds. The third kappa shape index (κ3) is 2.70. The molecule has 2 saturated heterocycles. The van der Waals surface area contributed by atoms with Crippen LogP contribution in [0.1, 0.15) is 6.92 Å². The standard InChI is InChI=1S/C18H27N3O/c1-2-22-18-6-4-3-5-17(18)21-9-7-20(8-10-21)13-16-14-11-19-12-15(14)16/h3-6,14-16,19H,2,7-13H2,1H3/t14-,15+,16?. The highest BCUT2D eigenvalue weighted by molar-refractivity contribution is 5.58. The van der Waals surface area contributed by atoms with Gasteiger partial charge >= 0.3 is 0 Å². The number of fused-ring (bicyclic) bond motifs is 1. The Labute approximate surface area is 133 Å². The van der Waals surface area contributed by atoms with Crippen LogP contribution in [0, 0.1) is 17.8 Å². The second-order valence-corrected chi connectivity index (χ2v) is 6.84. The first-order chi connectivity index (χ1) is 10.9. The Hall–Kier alpha value is -1.26. The highest BCUT2D eigenvalue weighted by atomic mass is 16.5. The van der Waals surface area contributed by atoms with E-state index in [2.05, 4.69) is 46.3 Å². The van der Waals surface area contributed by atoms with Gasteiger partial charge in [0.05, 0.1) is 12.3 Å². The predicted octanol–water partition coefficient (Wildman–Crippen LogP) is 1.67. The Kier molecular flexibility index (Phi) is 3.97. The largest absolute Gasteiger partial charge is 0.492 e. The van der Waals surface area contributed by atoms with Crippen molar-refractivity contribution >= 4 is 5.69 Å². The molecule has 1 saturated carbocycles. The maximum atomic E-state index is 5.78. The second kappa shape index (κ2) is 6.09. The van der Waals surface area contributed by atoms with Crippen LogP contribution < -0.4 is 15.0 Å². The number of nitrogens with zero attached hydrogens (tertiary/aromatic N) is 2. The molecule has 3 fully saturated rings. The number of piperazine rings is 1. The number of benzene rings is 1. The lowest BCUT2D eigenvalue weighted by atomic mass is 10.2. The molecule has 0 spiro atoms. The molecule has 1 aromatic rings. The number of rotatable bonds is 5. The van der Waals surface area contributed by atoms with Crippen molar-refractivity contribution in [2.45, 2.75) is 6.92 Å². The summed E-state index contributed by atoms with van der Waals surface area (Å²) in [7, 11) is 0. The van der Waals surface area contributed by atoms with E-state index in [0.717, 1.165) is 43.2 Å². The molecule has 1 aromatic carbocycles. The van der Waals surface area contributed by atoms with Gasteiger partial charge in [-0.3, -0.25) is 4.90 Å². The molecular weight excluding hydrogens is 274 g/mol. The van der Waals surface area contributed by atoms with E-state index in [4.69, 9.17) is 4.74 Å². The fraction of sp³-hybridized carbons (Fsp3) is 0.667. The van der Waals surface area contributed by atoms with Gasteiger partial charge in [0.2, 0.25) is 0 Å². The van der Waals surface area contributed by atoms with Gasteiger partial charge in [0.15, 0.2) is 0 Å². The van der Waals surface area contributed by atoms with Crippen LogP contribution in [-0.4, -0.2) is 57.3 Å². The number of piperidine rings is 1. The molecule has 22 heavy (non-hydrogen) atoms. The molecular formula is C18H27N3O. The van der Waals surface area contributed by atoms with Gasteiger partial charge < -0.3 is 15.0 Å². The number of nitrogens with one attached hydrogen (secondary N) is 1. The fourth-order valence-electron chi connectivity index (χ4n) is 4.28. The van der Waals surface area contributed by atoms with E-state index in [-0.39, 0.29) is 0 Å². The van der Waals surface area contributed by atoms with Gasteiger partial charge in [0.25, 0.3) is 0 Å². The minimum absolute atomic E-state index is 0.732. The Bertz CT molecular complexity index is 503. The minimum atomic E-state index is 0.732. The Morgan fingerprint density at radius 2 is 1.82 bits per heavy atom. The molecule has 4 heteroatoms. The summed E-state index contributed by atoms with van der Waals surface area (Å²) >= 11 is 0. The van der Waals surface area contributed by atoms with Crippen LogP contribution in [0.3, 0.4) is 0 Å². The van der Waals surface area contributed by atoms with Gasteiger partial charge in [0.1, 0.15) is 5.75 Å². The molecule has 0 radical (unpaired) electrons. The van der Waals surface area contributed by atoms with E-state index < -0.39 is 0 Å². The lowest BCUT2D eigenvalue weighted by Crippen LogP contribution is -2.47. The van der Waals surface area contributed by atoms with E-state index in [9.17, 15) is 0 Å². The Morgan fingerprint density at radius 1 is 1.09 bits per heavy atom. The minimum Gasteiger partial charge on any atom is -0.492 e. The summed E-state index contributed by atoms with van der Waals surface area (Å²) in [5, 5.41) is 3.50. The van der Waals surface area contributed by atoms with E-state index in [1.165, 1.54) is 38.4 Å². The van der Waals surface area contributed by atoms with Crippen LogP contribution in [-0.2, 0) is 0 Å². The summed E-state index contributed by atoms with van der Waals surface area (Å²) in [5.41, 5.74) is 1.26. The number of hydrogen-bond acceptors (Lipinski definition) is 4. The predicted molar refractivity (Wildman–Crippen MR) is 89.6 cm³/mol. The first kappa shape index (κ1) is 14.3. The van der Waals surface area contributed by atoms with Gasteiger partial charge in [0, 0.05) is 32.7 Å². The Morgan fingerprint density at radius 3 is 2.55 bits per heavy atom. The molecule has 1 N–H and O–H groups in total. The molecule has 3 atom stereocenters. The number of anilines is 1. The summed E-state index contributed by atoms with van der Waals surface area (Å²) in [5.74, 6) is 3.97. The van der Waals surface area contributed by atoms with Crippen molar-refractivity contribution in [1.82, 2.24) is 10.2 Å². The van der Waals surface area contributed by atoms with Crippen LogP contribution in [0.15, 0.2) is 24.3 Å². The average molecular weight is 301 g/mol. The molecule has 2 heterocycles. The number of hydrogen-bond donors (Lipinski definition) is 1. The highest BCUT2D eigenvalue weighted by Crippen LogP contribution is 2.49. The quantitative estimate of drug-likeness (QED) is 0.895. The summed E-state index contributed by atoms with van der Waals surface area (Å²) in [4.78, 5) is 5.15. The molecule has 4 rings (SSSR count). The smallest absolute Gasteiger partial charge is 0.142 e. The lowest BCUT2D eigenvalue weighted by molar-refractivity contribution is 0.236. The number of para-hydroxylation sites is 2. The number of ether oxygens (including phenoxy) is 1. The maximum absolute atomic E-state index is 5.78. The lowest BCUT2D eigenvalue weighted by Gasteiger charge is -2.37. The van der Waals surface area contributed by atoms with E-state index in [1.807, 2.05) is 0 Å². The first-order valence-electron chi connectivity index (χ1n) is 8.76. The van der Waals surface area contributed by atoms with Gasteiger partial charge in [-0.1, -0.05) is 12.1 Å². The third-order valence-corrected chi connectivity index (χ3v) is 5.62. The molecule has 2 aliphatic heterocycles. The van der Waals surface area contributed by atoms with Crippen LogP contribution in [0.4, 0.5) is 5.69 Å². The van der Waals surface area contributed by atoms with E-state index in [1.54, 1.807) is 0 Å². The van der Waals surface area contributed by atoms with E-state index in [0.29, 0.717) is 0 Å². The molecule has 0 bridgehead atoms. The maximum Gasteiger partial charge on any atom is 0.142 e. The molecule has 3 aliphatic rings. The zero-order valence-corrected chi connectivity index (χ0v) is 13.5. The molecule has 0 aromatic heterocycles. The SMILES string of the molecule is CCOc1ccccc1N1CCN(CC2[C@H]3CNC[C@@H]23)CC1.